The molecular weight excluding hydrogens is 406 g/mol. The molecule has 0 unspecified atom stereocenters. The number of ether oxygens (including phenoxy) is 2. The van der Waals surface area contributed by atoms with Crippen LogP contribution in [-0.2, 0) is 19.4 Å². The van der Waals surface area contributed by atoms with Gasteiger partial charge >= 0.3 is 0 Å². The van der Waals surface area contributed by atoms with Gasteiger partial charge in [0, 0.05) is 18.2 Å². The smallest absolute Gasteiger partial charge is 0.265 e. The molecule has 2 aromatic carbocycles. The summed E-state index contributed by atoms with van der Waals surface area (Å²) in [6.07, 6.45) is -0.0753. The Morgan fingerprint density at radius 1 is 1.14 bits per heavy atom. The molecule has 1 fully saturated rings. The third kappa shape index (κ3) is 3.73. The Hall–Kier alpha value is -2.13. The molecule has 0 aliphatic carbocycles. The predicted molar refractivity (Wildman–Crippen MR) is 103 cm³/mol. The van der Waals surface area contributed by atoms with E-state index in [4.69, 9.17) is 26.3 Å². The van der Waals surface area contributed by atoms with Gasteiger partial charge in [0.05, 0.1) is 4.90 Å². The maximum Gasteiger partial charge on any atom is 0.265 e. The number of hydrogen-bond acceptors (Lipinski definition) is 6. The summed E-state index contributed by atoms with van der Waals surface area (Å²) in [5.74, 6) is 0.0548. The molecule has 0 radical (unpaired) electrons. The van der Waals surface area contributed by atoms with Gasteiger partial charge in [0.15, 0.2) is 14.6 Å². The first-order valence-electron chi connectivity index (χ1n) is 8.61. The average Bonchev–Trinajstić information content (AvgIpc) is 2.71. The van der Waals surface area contributed by atoms with Crippen molar-refractivity contribution in [2.24, 2.45) is 0 Å². The first-order valence-corrected chi connectivity index (χ1v) is 10.5. The molecule has 1 aliphatic rings. The lowest BCUT2D eigenvalue weighted by Gasteiger charge is -2.34. The fraction of sp³-hybridized carbons (Fsp3) is 0.316. The van der Waals surface area contributed by atoms with E-state index >= 15 is 0 Å². The molecule has 2 N–H and O–H groups in total. The number of carbonyl (C=O) groups excluding carboxylic acids is 1. The molecule has 2 aromatic rings. The molecule has 0 saturated carbocycles. The van der Waals surface area contributed by atoms with Crippen LogP contribution < -0.4 is 10.2 Å². The van der Waals surface area contributed by atoms with Crippen molar-refractivity contribution in [3.63, 3.8) is 0 Å². The Morgan fingerprint density at radius 3 is 2.32 bits per heavy atom. The molecule has 0 atom stereocenters. The van der Waals surface area contributed by atoms with Gasteiger partial charge < -0.3 is 9.47 Å². The summed E-state index contributed by atoms with van der Waals surface area (Å²) in [4.78, 5) is 12.2. The van der Waals surface area contributed by atoms with Crippen LogP contribution in [0.1, 0.15) is 18.4 Å². The Kier molecular flexibility index (Phi) is 5.95. The van der Waals surface area contributed by atoms with Crippen LogP contribution in [0.2, 0.25) is 5.02 Å². The number of carbonyl (C=O) groups is 1. The van der Waals surface area contributed by atoms with Gasteiger partial charge in [-0.3, -0.25) is 10.0 Å². The van der Waals surface area contributed by atoms with Crippen molar-refractivity contribution in [3.8, 4) is 11.5 Å². The summed E-state index contributed by atoms with van der Waals surface area (Å²) in [5, 5.41) is 9.70. The summed E-state index contributed by atoms with van der Waals surface area (Å²) < 4.78 is 35.5. The Balaban J connectivity index is 1.88. The maximum absolute atomic E-state index is 13.2. The van der Waals surface area contributed by atoms with Crippen LogP contribution in [0.15, 0.2) is 47.4 Å². The van der Waals surface area contributed by atoms with E-state index in [1.54, 1.807) is 18.2 Å². The number of benzene rings is 2. The van der Waals surface area contributed by atoms with Gasteiger partial charge in [0.25, 0.3) is 5.91 Å². The zero-order valence-electron chi connectivity index (χ0n) is 15.1. The van der Waals surface area contributed by atoms with Gasteiger partial charge in [0.2, 0.25) is 0 Å². The number of hydroxylamine groups is 1. The largest absolute Gasteiger partial charge is 0.457 e. The highest BCUT2D eigenvalue weighted by Crippen LogP contribution is 2.36. The van der Waals surface area contributed by atoms with Gasteiger partial charge in [-0.25, -0.2) is 13.9 Å². The van der Waals surface area contributed by atoms with Crippen molar-refractivity contribution in [2.45, 2.75) is 29.4 Å². The van der Waals surface area contributed by atoms with E-state index in [2.05, 4.69) is 0 Å². The quantitative estimate of drug-likeness (QED) is 0.563. The molecule has 0 bridgehead atoms. The predicted octanol–water partition coefficient (Wildman–Crippen LogP) is 3.27. The molecule has 0 aromatic heterocycles. The lowest BCUT2D eigenvalue weighted by Crippen LogP contribution is -2.54. The van der Waals surface area contributed by atoms with Crippen LogP contribution >= 0.6 is 11.6 Å². The van der Waals surface area contributed by atoms with E-state index in [9.17, 15) is 13.2 Å². The molecule has 1 aliphatic heterocycles. The Labute approximate surface area is 168 Å². The second-order valence-corrected chi connectivity index (χ2v) is 9.20. The molecule has 1 amide bonds. The molecule has 7 nitrogen and oxygen atoms in total. The minimum atomic E-state index is -4.06. The van der Waals surface area contributed by atoms with Crippen molar-refractivity contribution in [1.29, 1.82) is 0 Å². The van der Waals surface area contributed by atoms with E-state index in [-0.39, 0.29) is 31.0 Å². The van der Waals surface area contributed by atoms with Crippen LogP contribution in [-0.4, -0.2) is 37.5 Å². The van der Waals surface area contributed by atoms with Gasteiger partial charge in [-0.05, 0) is 67.8 Å². The van der Waals surface area contributed by atoms with E-state index in [1.165, 1.54) is 29.7 Å². The highest BCUT2D eigenvalue weighted by atomic mass is 35.5. The minimum Gasteiger partial charge on any atom is -0.457 e. The van der Waals surface area contributed by atoms with Crippen molar-refractivity contribution in [3.05, 3.63) is 53.1 Å². The molecule has 9 heteroatoms. The number of sulfone groups is 1. The lowest BCUT2D eigenvalue weighted by atomic mass is 9.98. The van der Waals surface area contributed by atoms with E-state index in [0.29, 0.717) is 16.5 Å². The summed E-state index contributed by atoms with van der Waals surface area (Å²) in [6, 6.07) is 11.0. The van der Waals surface area contributed by atoms with E-state index in [1.807, 2.05) is 6.92 Å². The molecule has 1 heterocycles. The van der Waals surface area contributed by atoms with Gasteiger partial charge in [-0.2, -0.15) is 0 Å². The second-order valence-electron chi connectivity index (χ2n) is 6.54. The van der Waals surface area contributed by atoms with Crippen molar-refractivity contribution in [1.82, 2.24) is 5.48 Å². The van der Waals surface area contributed by atoms with E-state index in [0.717, 1.165) is 5.56 Å². The Morgan fingerprint density at radius 2 is 1.75 bits per heavy atom. The monoisotopic (exact) mass is 425 g/mol. The first kappa shape index (κ1) is 20.6. The van der Waals surface area contributed by atoms with Gasteiger partial charge in [-0.15, -0.1) is 0 Å². The number of hydrogen-bond donors (Lipinski definition) is 2. The fourth-order valence-corrected chi connectivity index (χ4v) is 5.21. The van der Waals surface area contributed by atoms with Crippen LogP contribution in [0.4, 0.5) is 0 Å². The SMILES string of the molecule is Cc1cc(Oc2ccc(S(=O)(=O)C3(C(=O)NO)CCOCC3)cc2)ccc1Cl. The molecule has 150 valence electrons. The molecule has 28 heavy (non-hydrogen) atoms. The average molecular weight is 426 g/mol. The second kappa shape index (κ2) is 8.08. The third-order valence-corrected chi connectivity index (χ3v) is 7.77. The summed E-state index contributed by atoms with van der Waals surface area (Å²) >= 11 is 6.00. The normalized spacial score (nSPS) is 16.4. The maximum atomic E-state index is 13.2. The number of rotatable bonds is 5. The van der Waals surface area contributed by atoms with Crippen LogP contribution in [0.25, 0.3) is 0 Å². The van der Waals surface area contributed by atoms with Crippen molar-refractivity contribution >= 4 is 27.3 Å². The fourth-order valence-electron chi connectivity index (χ4n) is 3.15. The highest BCUT2D eigenvalue weighted by molar-refractivity contribution is 7.93. The number of nitrogens with one attached hydrogen (secondary N) is 1. The van der Waals surface area contributed by atoms with Gasteiger partial charge in [0.1, 0.15) is 11.5 Å². The lowest BCUT2D eigenvalue weighted by molar-refractivity contribution is -0.134. The Bertz CT molecular complexity index is 968. The van der Waals surface area contributed by atoms with Crippen LogP contribution in [0, 0.1) is 6.92 Å². The van der Waals surface area contributed by atoms with Gasteiger partial charge in [-0.1, -0.05) is 11.6 Å². The minimum absolute atomic E-state index is 0.0300. The van der Waals surface area contributed by atoms with Crippen LogP contribution in [0.3, 0.4) is 0 Å². The summed E-state index contributed by atoms with van der Waals surface area (Å²) in [7, 11) is -4.06. The molecule has 3 rings (SSSR count). The third-order valence-electron chi connectivity index (χ3n) is 4.83. The van der Waals surface area contributed by atoms with Crippen molar-refractivity contribution < 1.29 is 27.9 Å². The highest BCUT2D eigenvalue weighted by Gasteiger charge is 2.52. The standard InChI is InChI=1S/C19H20ClNO6S/c1-13-12-15(4-7-17(13)20)27-14-2-5-16(6-3-14)28(24,25)19(18(22)21-23)8-10-26-11-9-19/h2-7,12,23H,8-11H2,1H3,(H,21,22). The summed E-state index contributed by atoms with van der Waals surface area (Å²) in [6.45, 7) is 2.08. The summed E-state index contributed by atoms with van der Waals surface area (Å²) in [5.41, 5.74) is 2.35. The zero-order chi connectivity index (χ0) is 20.4. The van der Waals surface area contributed by atoms with Crippen molar-refractivity contribution in [2.75, 3.05) is 13.2 Å². The number of amides is 1. The zero-order valence-corrected chi connectivity index (χ0v) is 16.7. The number of aryl methyl sites for hydroxylation is 1. The molecular formula is C19H20ClNO6S. The molecule has 1 saturated heterocycles. The number of halogens is 1. The topological polar surface area (TPSA) is 102 Å². The van der Waals surface area contributed by atoms with Crippen LogP contribution in [0.5, 0.6) is 11.5 Å². The van der Waals surface area contributed by atoms with E-state index < -0.39 is 20.5 Å². The first-order chi connectivity index (χ1) is 13.3. The molecule has 0 spiro atoms.